The van der Waals surface area contributed by atoms with Crippen LogP contribution in [0.4, 0.5) is 0 Å². The van der Waals surface area contributed by atoms with E-state index in [0.29, 0.717) is 6.04 Å². The number of methoxy groups -OCH3 is 1. The number of ether oxygens (including phenoxy) is 1. The summed E-state index contributed by atoms with van der Waals surface area (Å²) < 4.78 is 7.48. The van der Waals surface area contributed by atoms with Crippen molar-refractivity contribution in [1.29, 1.82) is 0 Å². The van der Waals surface area contributed by atoms with Crippen molar-refractivity contribution in [3.8, 4) is 5.75 Å². The Kier molecular flexibility index (Phi) is 3.97. The van der Waals surface area contributed by atoms with Crippen LogP contribution < -0.4 is 10.1 Å². The van der Waals surface area contributed by atoms with Crippen molar-refractivity contribution in [3.63, 3.8) is 0 Å². The van der Waals surface area contributed by atoms with Crippen LogP contribution in [0.1, 0.15) is 48.7 Å². The summed E-state index contributed by atoms with van der Waals surface area (Å²) in [6.45, 7) is 2.20. The maximum atomic E-state index is 5.47. The minimum absolute atomic E-state index is 0.248. The third-order valence-corrected chi connectivity index (χ3v) is 4.43. The Hall–Kier alpha value is -1.81. The first kappa shape index (κ1) is 14.1. The Morgan fingerprint density at radius 2 is 2.19 bits per heavy atom. The highest BCUT2D eigenvalue weighted by Gasteiger charge is 2.25. The fourth-order valence-corrected chi connectivity index (χ4v) is 3.30. The molecule has 0 saturated carbocycles. The quantitative estimate of drug-likeness (QED) is 0.938. The summed E-state index contributed by atoms with van der Waals surface area (Å²) in [5.41, 5.74) is 3.92. The van der Waals surface area contributed by atoms with Crippen molar-refractivity contribution in [2.24, 2.45) is 7.05 Å². The molecular formula is C17H23N3O. The van der Waals surface area contributed by atoms with Gasteiger partial charge in [-0.2, -0.15) is 5.10 Å². The molecule has 1 aromatic carbocycles. The average Bonchev–Trinajstić information content (AvgIpc) is 2.90. The van der Waals surface area contributed by atoms with Gasteiger partial charge in [0.15, 0.2) is 0 Å². The van der Waals surface area contributed by atoms with Gasteiger partial charge in [-0.25, -0.2) is 0 Å². The predicted octanol–water partition coefficient (Wildman–Crippen LogP) is 3.16. The van der Waals surface area contributed by atoms with E-state index in [1.165, 1.54) is 23.2 Å². The smallest absolute Gasteiger partial charge is 0.123 e. The zero-order valence-corrected chi connectivity index (χ0v) is 13.0. The highest BCUT2D eigenvalue weighted by atomic mass is 16.5. The van der Waals surface area contributed by atoms with Crippen LogP contribution in [-0.2, 0) is 13.5 Å². The van der Waals surface area contributed by atoms with Gasteiger partial charge in [0.1, 0.15) is 5.75 Å². The number of aryl methyl sites for hydroxylation is 1. The summed E-state index contributed by atoms with van der Waals surface area (Å²) in [5, 5.41) is 8.16. The minimum Gasteiger partial charge on any atom is -0.496 e. The number of para-hydroxylation sites is 1. The van der Waals surface area contributed by atoms with E-state index in [2.05, 4.69) is 29.5 Å². The van der Waals surface area contributed by atoms with E-state index in [1.54, 1.807) is 7.11 Å². The fourth-order valence-electron chi connectivity index (χ4n) is 3.30. The first-order valence-corrected chi connectivity index (χ1v) is 7.60. The summed E-state index contributed by atoms with van der Waals surface area (Å²) in [5.74, 6) is 0.944. The molecule has 0 saturated heterocycles. The highest BCUT2D eigenvalue weighted by molar-refractivity contribution is 5.36. The second kappa shape index (κ2) is 5.90. The van der Waals surface area contributed by atoms with Crippen molar-refractivity contribution in [3.05, 3.63) is 47.3 Å². The Labute approximate surface area is 126 Å². The molecule has 2 unspecified atom stereocenters. The van der Waals surface area contributed by atoms with Crippen molar-refractivity contribution in [2.45, 2.75) is 38.3 Å². The highest BCUT2D eigenvalue weighted by Crippen LogP contribution is 2.33. The lowest BCUT2D eigenvalue weighted by Crippen LogP contribution is -2.28. The molecule has 21 heavy (non-hydrogen) atoms. The number of benzene rings is 1. The van der Waals surface area contributed by atoms with Gasteiger partial charge in [0, 0.05) is 36.0 Å². The van der Waals surface area contributed by atoms with Crippen LogP contribution in [0.15, 0.2) is 30.5 Å². The summed E-state index contributed by atoms with van der Waals surface area (Å²) in [6.07, 6.45) is 5.52. The molecule has 3 rings (SSSR count). The molecule has 0 aliphatic heterocycles. The maximum Gasteiger partial charge on any atom is 0.123 e. The molecule has 1 N–H and O–H groups in total. The Bertz CT molecular complexity index is 620. The Balaban J connectivity index is 1.81. The summed E-state index contributed by atoms with van der Waals surface area (Å²) >= 11 is 0. The van der Waals surface area contributed by atoms with Crippen LogP contribution in [0, 0.1) is 0 Å². The van der Waals surface area contributed by atoms with E-state index in [0.717, 1.165) is 18.6 Å². The summed E-state index contributed by atoms with van der Waals surface area (Å²) in [4.78, 5) is 0. The van der Waals surface area contributed by atoms with Crippen molar-refractivity contribution in [2.75, 3.05) is 7.11 Å². The third kappa shape index (κ3) is 2.68. The van der Waals surface area contributed by atoms with Crippen LogP contribution in [0.25, 0.3) is 0 Å². The van der Waals surface area contributed by atoms with E-state index < -0.39 is 0 Å². The van der Waals surface area contributed by atoms with Gasteiger partial charge in [0.25, 0.3) is 0 Å². The number of hydrogen-bond acceptors (Lipinski definition) is 3. The van der Waals surface area contributed by atoms with Gasteiger partial charge in [-0.3, -0.25) is 4.68 Å². The fraction of sp³-hybridized carbons (Fsp3) is 0.471. The van der Waals surface area contributed by atoms with Crippen molar-refractivity contribution >= 4 is 0 Å². The van der Waals surface area contributed by atoms with Gasteiger partial charge >= 0.3 is 0 Å². The molecule has 2 atom stereocenters. The Morgan fingerprint density at radius 3 is 3.00 bits per heavy atom. The van der Waals surface area contributed by atoms with Crippen molar-refractivity contribution < 1.29 is 4.74 Å². The lowest BCUT2D eigenvalue weighted by atomic mass is 9.92. The first-order chi connectivity index (χ1) is 10.2. The molecule has 1 aliphatic carbocycles. The van der Waals surface area contributed by atoms with Crippen LogP contribution in [0.2, 0.25) is 0 Å². The molecule has 4 nitrogen and oxygen atoms in total. The maximum absolute atomic E-state index is 5.47. The molecule has 2 aromatic rings. The lowest BCUT2D eigenvalue weighted by molar-refractivity contribution is 0.381. The second-order valence-corrected chi connectivity index (χ2v) is 5.75. The van der Waals surface area contributed by atoms with Gasteiger partial charge in [-0.05, 0) is 32.3 Å². The first-order valence-electron chi connectivity index (χ1n) is 7.60. The third-order valence-electron chi connectivity index (χ3n) is 4.43. The van der Waals surface area contributed by atoms with Crippen LogP contribution >= 0.6 is 0 Å². The van der Waals surface area contributed by atoms with Gasteiger partial charge in [-0.1, -0.05) is 18.2 Å². The molecule has 0 radical (unpaired) electrons. The van der Waals surface area contributed by atoms with Gasteiger partial charge < -0.3 is 10.1 Å². The van der Waals surface area contributed by atoms with E-state index in [4.69, 9.17) is 4.74 Å². The van der Waals surface area contributed by atoms with E-state index >= 15 is 0 Å². The largest absolute Gasteiger partial charge is 0.496 e. The topological polar surface area (TPSA) is 39.1 Å². The van der Waals surface area contributed by atoms with E-state index in [9.17, 15) is 0 Å². The molecular weight excluding hydrogens is 262 g/mol. The number of hydrogen-bond donors (Lipinski definition) is 1. The molecule has 0 fully saturated rings. The lowest BCUT2D eigenvalue weighted by Gasteiger charge is -2.28. The number of fused-ring (bicyclic) bond motifs is 1. The van der Waals surface area contributed by atoms with Crippen molar-refractivity contribution in [1.82, 2.24) is 15.1 Å². The number of nitrogens with one attached hydrogen (secondary N) is 1. The number of aromatic nitrogens is 2. The molecule has 0 spiro atoms. The molecule has 1 aromatic heterocycles. The van der Waals surface area contributed by atoms with Crippen LogP contribution in [0.3, 0.4) is 0 Å². The standard InChI is InChI=1S/C17H23N3O/c1-12(13-7-4-5-10-17(13)21-3)19-15-8-6-9-16-14(15)11-18-20(16)2/h4-5,7,10-12,15,19H,6,8-9H2,1-3H3. The average molecular weight is 285 g/mol. The molecule has 0 amide bonds. The molecule has 112 valence electrons. The summed E-state index contributed by atoms with van der Waals surface area (Å²) in [6, 6.07) is 8.84. The van der Waals surface area contributed by atoms with Crippen LogP contribution in [0.5, 0.6) is 5.75 Å². The van der Waals surface area contributed by atoms with Gasteiger partial charge in [0.05, 0.1) is 13.3 Å². The Morgan fingerprint density at radius 1 is 1.38 bits per heavy atom. The summed E-state index contributed by atoms with van der Waals surface area (Å²) in [7, 11) is 3.76. The molecule has 4 heteroatoms. The predicted molar refractivity (Wildman–Crippen MR) is 83.4 cm³/mol. The van der Waals surface area contributed by atoms with Gasteiger partial charge in [0.2, 0.25) is 0 Å². The normalized spacial score (nSPS) is 19.1. The second-order valence-electron chi connectivity index (χ2n) is 5.75. The monoisotopic (exact) mass is 285 g/mol. The van der Waals surface area contributed by atoms with E-state index in [1.807, 2.05) is 30.1 Å². The number of rotatable bonds is 4. The van der Waals surface area contributed by atoms with E-state index in [-0.39, 0.29) is 6.04 Å². The minimum atomic E-state index is 0.248. The van der Waals surface area contributed by atoms with Crippen LogP contribution in [-0.4, -0.2) is 16.9 Å². The zero-order chi connectivity index (χ0) is 14.8. The zero-order valence-electron chi connectivity index (χ0n) is 13.0. The molecule has 1 heterocycles. The SMILES string of the molecule is COc1ccccc1C(C)NC1CCCc2c1cnn2C. The van der Waals surface area contributed by atoms with Gasteiger partial charge in [-0.15, -0.1) is 0 Å². The number of nitrogens with zero attached hydrogens (tertiary/aromatic N) is 2. The molecule has 1 aliphatic rings. The molecule has 0 bridgehead atoms.